The highest BCUT2D eigenvalue weighted by Crippen LogP contribution is 2.30. The smallest absolute Gasteiger partial charge is 0.294 e. The third-order valence-corrected chi connectivity index (χ3v) is 7.48. The summed E-state index contributed by atoms with van der Waals surface area (Å²) in [6.07, 6.45) is 1.18. The molecule has 10 nitrogen and oxygen atoms in total. The average Bonchev–Trinajstić information content (AvgIpc) is 2.80. The fraction of sp³-hybridized carbons (Fsp3) is 0.0833. The lowest BCUT2D eigenvalue weighted by Gasteiger charge is -2.10. The number of ether oxygens (including phenoxy) is 1. The Labute approximate surface area is 216 Å². The van der Waals surface area contributed by atoms with Crippen LogP contribution in [-0.4, -0.2) is 33.3 Å². The quantitative estimate of drug-likeness (QED) is 0.160. The van der Waals surface area contributed by atoms with Crippen LogP contribution in [0.5, 0.6) is 11.5 Å². The first-order valence-corrected chi connectivity index (χ1v) is 13.6. The second kappa shape index (κ2) is 11.1. The van der Waals surface area contributed by atoms with Gasteiger partial charge in [-0.3, -0.25) is 9.35 Å². The minimum atomic E-state index is -4.51. The Bertz CT molecular complexity index is 1640. The Balaban J connectivity index is 1.79. The Kier molecular flexibility index (Phi) is 8.29. The lowest BCUT2D eigenvalue weighted by atomic mass is 10.1. The van der Waals surface area contributed by atoms with Gasteiger partial charge >= 0.3 is 0 Å². The summed E-state index contributed by atoms with van der Waals surface area (Å²) in [7, 11) is -8.46. The van der Waals surface area contributed by atoms with E-state index in [1.165, 1.54) is 37.3 Å². The van der Waals surface area contributed by atoms with Crippen molar-refractivity contribution in [2.45, 2.75) is 22.5 Å². The fourth-order valence-corrected chi connectivity index (χ4v) is 5.10. The second-order valence-corrected chi connectivity index (χ2v) is 11.3. The van der Waals surface area contributed by atoms with Crippen LogP contribution in [-0.2, 0) is 30.5 Å². The van der Waals surface area contributed by atoms with Crippen molar-refractivity contribution in [2.24, 2.45) is 16.5 Å². The van der Waals surface area contributed by atoms with Crippen LogP contribution in [0.3, 0.4) is 0 Å². The molecule has 0 aliphatic rings. The summed E-state index contributed by atoms with van der Waals surface area (Å²) in [6, 6.07) is 11.3. The summed E-state index contributed by atoms with van der Waals surface area (Å²) < 4.78 is 91.7. The van der Waals surface area contributed by atoms with E-state index in [-0.39, 0.29) is 27.3 Å². The molecule has 0 spiro atoms. The van der Waals surface area contributed by atoms with Crippen LogP contribution in [0.2, 0.25) is 0 Å². The number of guanidine groups is 1. The van der Waals surface area contributed by atoms with Crippen LogP contribution in [0, 0.1) is 11.6 Å². The van der Waals surface area contributed by atoms with Crippen LogP contribution in [0.25, 0.3) is 6.08 Å². The Morgan fingerprint density at radius 1 is 0.974 bits per heavy atom. The normalized spacial score (nSPS) is 12.2. The fourth-order valence-electron chi connectivity index (χ4n) is 3.21. The van der Waals surface area contributed by atoms with Gasteiger partial charge in [-0.05, 0) is 72.7 Å². The zero-order valence-corrected chi connectivity index (χ0v) is 21.3. The van der Waals surface area contributed by atoms with Gasteiger partial charge in [0.2, 0.25) is 0 Å². The summed E-state index contributed by atoms with van der Waals surface area (Å²) >= 11 is 0. The molecule has 3 rings (SSSR count). The van der Waals surface area contributed by atoms with Crippen molar-refractivity contribution in [3.8, 4) is 11.5 Å². The number of hydrogen-bond donors (Lipinski definition) is 3. The van der Waals surface area contributed by atoms with E-state index in [0.717, 1.165) is 36.4 Å². The SMILES string of the molecule is C/C(=C\c1cc(F)c(Oc2ccc(S(=O)(=O)Cc3cccc(S(=O)(=O)O)c3)cc2)c(F)c1)C(=O)N=C(N)N. The number of amides is 1. The number of nitrogens with zero attached hydrogens (tertiary/aromatic N) is 1. The third kappa shape index (κ3) is 7.21. The molecule has 14 heteroatoms. The number of benzene rings is 3. The van der Waals surface area contributed by atoms with Gasteiger partial charge in [0.15, 0.2) is 33.2 Å². The van der Waals surface area contributed by atoms with Gasteiger partial charge < -0.3 is 16.2 Å². The first-order chi connectivity index (χ1) is 17.7. The van der Waals surface area contributed by atoms with Gasteiger partial charge in [-0.15, -0.1) is 0 Å². The van der Waals surface area contributed by atoms with Crippen molar-refractivity contribution in [3.05, 3.63) is 89.0 Å². The van der Waals surface area contributed by atoms with Crippen LogP contribution in [0.1, 0.15) is 18.1 Å². The number of hydrogen-bond acceptors (Lipinski definition) is 6. The number of sulfone groups is 1. The molecule has 0 aromatic heterocycles. The molecule has 0 fully saturated rings. The minimum Gasteiger partial charge on any atom is -0.451 e. The minimum absolute atomic E-state index is 0.00324. The predicted octanol–water partition coefficient (Wildman–Crippen LogP) is 3.18. The highest BCUT2D eigenvalue weighted by atomic mass is 32.2. The molecule has 5 N–H and O–H groups in total. The number of nitrogens with two attached hydrogens (primary N) is 2. The third-order valence-electron chi connectivity index (χ3n) is 4.93. The van der Waals surface area contributed by atoms with Crippen molar-refractivity contribution < 1.29 is 39.7 Å². The Hall–Kier alpha value is -4.14. The van der Waals surface area contributed by atoms with Gasteiger partial charge in [0, 0.05) is 5.57 Å². The molecular formula is C24H21F2N3O7S2. The molecule has 0 atom stereocenters. The summed E-state index contributed by atoms with van der Waals surface area (Å²) in [6.45, 7) is 1.36. The maximum atomic E-state index is 14.6. The van der Waals surface area contributed by atoms with Crippen molar-refractivity contribution in [1.29, 1.82) is 0 Å². The lowest BCUT2D eigenvalue weighted by molar-refractivity contribution is -0.114. The molecule has 0 radical (unpaired) electrons. The molecule has 3 aromatic rings. The summed E-state index contributed by atoms with van der Waals surface area (Å²) in [5.41, 5.74) is 10.4. The maximum absolute atomic E-state index is 14.6. The molecule has 0 saturated heterocycles. The molecule has 200 valence electrons. The van der Waals surface area contributed by atoms with Gasteiger partial charge in [0.1, 0.15) is 5.75 Å². The number of aliphatic imine (C=N–C) groups is 1. The largest absolute Gasteiger partial charge is 0.451 e. The summed E-state index contributed by atoms with van der Waals surface area (Å²) in [5, 5.41) is 0. The van der Waals surface area contributed by atoms with Crippen molar-refractivity contribution in [2.75, 3.05) is 0 Å². The Morgan fingerprint density at radius 2 is 1.58 bits per heavy atom. The van der Waals surface area contributed by atoms with E-state index in [0.29, 0.717) is 0 Å². The van der Waals surface area contributed by atoms with E-state index in [9.17, 15) is 30.4 Å². The first kappa shape index (κ1) is 28.4. The molecule has 0 bridgehead atoms. The maximum Gasteiger partial charge on any atom is 0.294 e. The summed E-state index contributed by atoms with van der Waals surface area (Å²) in [4.78, 5) is 14.5. The van der Waals surface area contributed by atoms with Gasteiger partial charge in [0.25, 0.3) is 16.0 Å². The highest BCUT2D eigenvalue weighted by molar-refractivity contribution is 7.90. The average molecular weight is 566 g/mol. The monoisotopic (exact) mass is 565 g/mol. The highest BCUT2D eigenvalue weighted by Gasteiger charge is 2.19. The standard InChI is InChI=1S/C24H21F2N3O7S2/c1-14(23(30)29-24(27)28)9-16-11-20(25)22(21(26)12-16)36-17-5-7-18(8-6-17)37(31,32)13-15-3-2-4-19(10-15)38(33,34)35/h2-12H,13H2,1H3,(H,33,34,35)(H4,27,28,29,30)/b14-9+. The van der Waals surface area contributed by atoms with Gasteiger partial charge in [-0.2, -0.15) is 13.4 Å². The molecular weight excluding hydrogens is 544 g/mol. The molecule has 38 heavy (non-hydrogen) atoms. The van der Waals surface area contributed by atoms with Gasteiger partial charge in [0.05, 0.1) is 15.5 Å². The van der Waals surface area contributed by atoms with E-state index in [2.05, 4.69) is 4.99 Å². The van der Waals surface area contributed by atoms with Crippen LogP contribution < -0.4 is 16.2 Å². The number of halogens is 2. The predicted molar refractivity (Wildman–Crippen MR) is 134 cm³/mol. The van der Waals surface area contributed by atoms with Crippen LogP contribution >= 0.6 is 0 Å². The van der Waals surface area contributed by atoms with Crippen molar-refractivity contribution >= 4 is 37.9 Å². The molecule has 0 unspecified atom stereocenters. The molecule has 0 aliphatic heterocycles. The van der Waals surface area contributed by atoms with E-state index in [4.69, 9.17) is 20.8 Å². The van der Waals surface area contributed by atoms with Crippen LogP contribution in [0.15, 0.2) is 81.0 Å². The molecule has 1 amide bonds. The van der Waals surface area contributed by atoms with E-state index >= 15 is 0 Å². The topological polar surface area (TPSA) is 179 Å². The molecule has 0 heterocycles. The lowest BCUT2D eigenvalue weighted by Crippen LogP contribution is -2.24. The van der Waals surface area contributed by atoms with E-state index < -0.39 is 59.9 Å². The second-order valence-electron chi connectivity index (χ2n) is 7.94. The first-order valence-electron chi connectivity index (χ1n) is 10.5. The number of carbonyl (C=O) groups is 1. The molecule has 0 saturated carbocycles. The summed E-state index contributed by atoms with van der Waals surface area (Å²) in [5.74, 6) is -4.82. The molecule has 0 aliphatic carbocycles. The van der Waals surface area contributed by atoms with Crippen LogP contribution in [0.4, 0.5) is 8.78 Å². The van der Waals surface area contributed by atoms with Crippen molar-refractivity contribution in [3.63, 3.8) is 0 Å². The Morgan fingerprint density at radius 3 is 2.13 bits per heavy atom. The van der Waals surface area contributed by atoms with Gasteiger partial charge in [-0.25, -0.2) is 17.2 Å². The van der Waals surface area contributed by atoms with Gasteiger partial charge in [-0.1, -0.05) is 12.1 Å². The van der Waals surface area contributed by atoms with E-state index in [1.54, 1.807) is 0 Å². The zero-order chi connectivity index (χ0) is 28.3. The zero-order valence-electron chi connectivity index (χ0n) is 19.6. The van der Waals surface area contributed by atoms with Crippen molar-refractivity contribution in [1.82, 2.24) is 0 Å². The number of rotatable bonds is 8. The van der Waals surface area contributed by atoms with E-state index in [1.807, 2.05) is 0 Å². The number of carbonyl (C=O) groups excluding carboxylic acids is 1. The molecule has 3 aromatic carbocycles.